The number of hydrogen-bond donors (Lipinski definition) is 1. The molecule has 29 heavy (non-hydrogen) atoms. The van der Waals surface area contributed by atoms with Gasteiger partial charge in [0.05, 0.1) is 33.3 Å². The van der Waals surface area contributed by atoms with Crippen molar-refractivity contribution >= 4 is 5.91 Å². The van der Waals surface area contributed by atoms with Gasteiger partial charge in [-0.05, 0) is 35.4 Å². The first-order valence-electron chi connectivity index (χ1n) is 9.45. The molecule has 0 saturated carbocycles. The van der Waals surface area contributed by atoms with Gasteiger partial charge in [-0.1, -0.05) is 54.6 Å². The minimum absolute atomic E-state index is 0.0930. The predicted molar refractivity (Wildman–Crippen MR) is 113 cm³/mol. The molecule has 1 N–H and O–H groups in total. The first kappa shape index (κ1) is 20.3. The molecular weight excluding hydrogens is 366 g/mol. The Kier molecular flexibility index (Phi) is 7.11. The van der Waals surface area contributed by atoms with Gasteiger partial charge >= 0.3 is 0 Å². The number of carbonyl (C=O) groups is 1. The third kappa shape index (κ3) is 5.51. The molecule has 1 atom stereocenters. The van der Waals surface area contributed by atoms with Crippen LogP contribution in [0.5, 0.6) is 17.2 Å². The van der Waals surface area contributed by atoms with Crippen LogP contribution in [0.15, 0.2) is 78.9 Å². The maximum Gasteiger partial charge on any atom is 0.224 e. The van der Waals surface area contributed by atoms with Crippen LogP contribution >= 0.6 is 0 Å². The maximum atomic E-state index is 12.6. The summed E-state index contributed by atoms with van der Waals surface area (Å²) in [5.41, 5.74) is 1.99. The van der Waals surface area contributed by atoms with Crippen molar-refractivity contribution < 1.29 is 19.0 Å². The molecule has 5 heteroatoms. The average molecular weight is 391 g/mol. The Morgan fingerprint density at radius 2 is 1.41 bits per heavy atom. The molecule has 0 aliphatic carbocycles. The second kappa shape index (κ2) is 10.2. The van der Waals surface area contributed by atoms with E-state index in [0.717, 1.165) is 16.9 Å². The normalized spacial score (nSPS) is 11.4. The molecule has 0 fully saturated rings. The Morgan fingerprint density at radius 3 is 2.07 bits per heavy atom. The van der Waals surface area contributed by atoms with E-state index in [1.807, 2.05) is 78.9 Å². The van der Waals surface area contributed by atoms with Gasteiger partial charge in [-0.3, -0.25) is 4.79 Å². The van der Waals surface area contributed by atoms with Gasteiger partial charge in [-0.2, -0.15) is 0 Å². The molecule has 0 aromatic heterocycles. The number of ether oxygens (including phenoxy) is 3. The zero-order valence-corrected chi connectivity index (χ0v) is 16.6. The average Bonchev–Trinajstić information content (AvgIpc) is 2.78. The number of nitrogens with one attached hydrogen (secondary N) is 1. The molecule has 0 aliphatic rings. The standard InChI is InChI=1S/C24H25NO4/c1-27-20-14-12-19(13-15-20)24(18-8-4-3-5-9-18)25-23(26)16-17-29-22-11-7-6-10-21(22)28-2/h3-15,24H,16-17H2,1-2H3,(H,25,26). The lowest BCUT2D eigenvalue weighted by atomic mass is 9.98. The number of rotatable bonds is 9. The molecule has 3 aromatic carbocycles. The highest BCUT2D eigenvalue weighted by Gasteiger charge is 2.17. The molecule has 1 amide bonds. The number of methoxy groups -OCH3 is 2. The number of benzene rings is 3. The first-order valence-corrected chi connectivity index (χ1v) is 9.45. The van der Waals surface area contributed by atoms with Gasteiger partial charge in [0.2, 0.25) is 5.91 Å². The van der Waals surface area contributed by atoms with E-state index >= 15 is 0 Å². The highest BCUT2D eigenvalue weighted by atomic mass is 16.5. The van der Waals surface area contributed by atoms with Crippen LogP contribution in [0.3, 0.4) is 0 Å². The van der Waals surface area contributed by atoms with E-state index in [1.165, 1.54) is 0 Å². The fourth-order valence-corrected chi connectivity index (χ4v) is 3.03. The molecule has 0 saturated heterocycles. The Labute approximate surface area is 171 Å². The molecule has 0 heterocycles. The zero-order chi connectivity index (χ0) is 20.5. The largest absolute Gasteiger partial charge is 0.497 e. The van der Waals surface area contributed by atoms with Gasteiger partial charge in [0.1, 0.15) is 5.75 Å². The molecule has 5 nitrogen and oxygen atoms in total. The van der Waals surface area contributed by atoms with Crippen LogP contribution in [0.25, 0.3) is 0 Å². The molecule has 150 valence electrons. The van der Waals surface area contributed by atoms with Gasteiger partial charge in [0.15, 0.2) is 11.5 Å². The summed E-state index contributed by atoms with van der Waals surface area (Å²) in [4.78, 5) is 12.6. The summed E-state index contributed by atoms with van der Waals surface area (Å²) in [6.07, 6.45) is 0.234. The van der Waals surface area contributed by atoms with Crippen LogP contribution in [-0.4, -0.2) is 26.7 Å². The monoisotopic (exact) mass is 391 g/mol. The van der Waals surface area contributed by atoms with E-state index in [-0.39, 0.29) is 25.0 Å². The smallest absolute Gasteiger partial charge is 0.224 e. The fourth-order valence-electron chi connectivity index (χ4n) is 3.03. The number of para-hydroxylation sites is 2. The highest BCUT2D eigenvalue weighted by molar-refractivity contribution is 5.77. The van der Waals surface area contributed by atoms with E-state index in [4.69, 9.17) is 14.2 Å². The Morgan fingerprint density at radius 1 is 0.793 bits per heavy atom. The molecule has 1 unspecified atom stereocenters. The molecule has 3 rings (SSSR count). The lowest BCUT2D eigenvalue weighted by molar-refractivity contribution is -0.122. The quantitative estimate of drug-likeness (QED) is 0.588. The van der Waals surface area contributed by atoms with E-state index in [1.54, 1.807) is 14.2 Å². The molecule has 0 radical (unpaired) electrons. The summed E-state index contributed by atoms with van der Waals surface area (Å²) in [7, 11) is 3.22. The lowest BCUT2D eigenvalue weighted by Crippen LogP contribution is -2.30. The summed E-state index contributed by atoms with van der Waals surface area (Å²) in [5.74, 6) is 1.95. The molecule has 0 spiro atoms. The summed E-state index contributed by atoms with van der Waals surface area (Å²) >= 11 is 0. The molecule has 0 bridgehead atoms. The number of carbonyl (C=O) groups excluding carboxylic acids is 1. The minimum atomic E-state index is -0.249. The second-order valence-corrected chi connectivity index (χ2v) is 6.43. The summed E-state index contributed by atoms with van der Waals surface area (Å²) < 4.78 is 16.2. The van der Waals surface area contributed by atoms with Gasteiger partial charge in [0, 0.05) is 0 Å². The van der Waals surface area contributed by atoms with Gasteiger partial charge in [-0.15, -0.1) is 0 Å². The van der Waals surface area contributed by atoms with Crippen molar-refractivity contribution in [1.82, 2.24) is 5.32 Å². The summed E-state index contributed by atoms with van der Waals surface area (Å²) in [5, 5.41) is 3.11. The van der Waals surface area contributed by atoms with Crippen molar-refractivity contribution in [3.05, 3.63) is 90.0 Å². The van der Waals surface area contributed by atoms with Crippen LogP contribution < -0.4 is 19.5 Å². The van der Waals surface area contributed by atoms with Crippen molar-refractivity contribution in [2.24, 2.45) is 0 Å². The Hall–Kier alpha value is -3.47. The van der Waals surface area contributed by atoms with E-state index in [9.17, 15) is 4.79 Å². The van der Waals surface area contributed by atoms with Crippen molar-refractivity contribution in [3.8, 4) is 17.2 Å². The SMILES string of the molecule is COc1ccc(C(NC(=O)CCOc2ccccc2OC)c2ccccc2)cc1. The van der Waals surface area contributed by atoms with E-state index in [2.05, 4.69) is 5.32 Å². The summed E-state index contributed by atoms with van der Waals surface area (Å²) in [6, 6.07) is 24.7. The van der Waals surface area contributed by atoms with Crippen molar-refractivity contribution in [3.63, 3.8) is 0 Å². The van der Waals surface area contributed by atoms with Crippen LogP contribution in [0.2, 0.25) is 0 Å². The van der Waals surface area contributed by atoms with E-state index in [0.29, 0.717) is 11.5 Å². The number of hydrogen-bond acceptors (Lipinski definition) is 4. The lowest BCUT2D eigenvalue weighted by Gasteiger charge is -2.20. The van der Waals surface area contributed by atoms with Crippen molar-refractivity contribution in [2.75, 3.05) is 20.8 Å². The Balaban J connectivity index is 1.66. The van der Waals surface area contributed by atoms with Crippen LogP contribution in [0, 0.1) is 0 Å². The minimum Gasteiger partial charge on any atom is -0.497 e. The second-order valence-electron chi connectivity index (χ2n) is 6.43. The molecular formula is C24H25NO4. The summed E-state index contributed by atoms with van der Waals surface area (Å²) in [6.45, 7) is 0.260. The van der Waals surface area contributed by atoms with Gasteiger partial charge in [-0.25, -0.2) is 0 Å². The molecule has 0 aliphatic heterocycles. The topological polar surface area (TPSA) is 56.8 Å². The third-order valence-electron chi connectivity index (χ3n) is 4.54. The van der Waals surface area contributed by atoms with Crippen LogP contribution in [-0.2, 0) is 4.79 Å². The highest BCUT2D eigenvalue weighted by Crippen LogP contribution is 2.26. The fraction of sp³-hybridized carbons (Fsp3) is 0.208. The van der Waals surface area contributed by atoms with Gasteiger partial charge < -0.3 is 19.5 Å². The van der Waals surface area contributed by atoms with Crippen molar-refractivity contribution in [2.45, 2.75) is 12.5 Å². The van der Waals surface area contributed by atoms with Crippen LogP contribution in [0.1, 0.15) is 23.6 Å². The van der Waals surface area contributed by atoms with Crippen molar-refractivity contribution in [1.29, 1.82) is 0 Å². The van der Waals surface area contributed by atoms with Crippen LogP contribution in [0.4, 0.5) is 0 Å². The van der Waals surface area contributed by atoms with Gasteiger partial charge in [0.25, 0.3) is 0 Å². The first-order chi connectivity index (χ1) is 14.2. The third-order valence-corrected chi connectivity index (χ3v) is 4.54. The Bertz CT molecular complexity index is 910. The number of amides is 1. The predicted octanol–water partition coefficient (Wildman–Crippen LogP) is 4.38. The molecule has 3 aromatic rings. The van der Waals surface area contributed by atoms with E-state index < -0.39 is 0 Å². The zero-order valence-electron chi connectivity index (χ0n) is 16.6. The maximum absolute atomic E-state index is 12.6.